The Morgan fingerprint density at radius 2 is 1.89 bits per heavy atom. The molecule has 0 unspecified atom stereocenters. The first-order chi connectivity index (χ1) is 8.42. The fourth-order valence-corrected chi connectivity index (χ4v) is 2.13. The minimum Gasteiger partial charge on any atom is -0.406 e. The summed E-state index contributed by atoms with van der Waals surface area (Å²) in [5.41, 5.74) is 6.36. The highest BCUT2D eigenvalue weighted by Crippen LogP contribution is 2.24. The summed E-state index contributed by atoms with van der Waals surface area (Å²) in [7, 11) is 0. The Hall–Kier alpha value is -1.76. The quantitative estimate of drug-likeness (QED) is 0.934. The predicted octanol–water partition coefficient (Wildman–Crippen LogP) is 3.21. The molecule has 1 aromatic heterocycles. The maximum Gasteiger partial charge on any atom is 0.573 e. The molecule has 2 aromatic rings. The maximum atomic E-state index is 11.9. The highest BCUT2D eigenvalue weighted by atomic mass is 32.1. The molecule has 0 aliphatic carbocycles. The third-order valence-electron chi connectivity index (χ3n) is 2.11. The number of thiazole rings is 1. The van der Waals surface area contributed by atoms with E-state index in [-0.39, 0.29) is 5.75 Å². The third kappa shape index (κ3) is 3.63. The first kappa shape index (κ1) is 12.7. The second-order valence-electron chi connectivity index (χ2n) is 3.53. The minimum atomic E-state index is -4.66. The van der Waals surface area contributed by atoms with Gasteiger partial charge in [-0.1, -0.05) is 12.1 Å². The van der Waals surface area contributed by atoms with Crippen LogP contribution in [0.1, 0.15) is 10.4 Å². The molecule has 1 heterocycles. The summed E-state index contributed by atoms with van der Waals surface area (Å²) in [5, 5.41) is 0.474. The first-order valence-corrected chi connectivity index (χ1v) is 5.79. The molecule has 2 N–H and O–H groups in total. The molecule has 7 heteroatoms. The molecule has 0 aliphatic rings. The van der Waals surface area contributed by atoms with E-state index in [4.69, 9.17) is 5.73 Å². The highest BCUT2D eigenvalue weighted by molar-refractivity contribution is 7.15. The monoisotopic (exact) mass is 274 g/mol. The molecule has 96 valence electrons. The van der Waals surface area contributed by atoms with Crippen LogP contribution in [0, 0.1) is 0 Å². The van der Waals surface area contributed by atoms with Crippen LogP contribution in [-0.4, -0.2) is 11.3 Å². The lowest BCUT2D eigenvalue weighted by molar-refractivity contribution is -0.274. The van der Waals surface area contributed by atoms with Crippen molar-refractivity contribution >= 4 is 16.5 Å². The third-order valence-corrected chi connectivity index (χ3v) is 2.93. The molecule has 0 atom stereocenters. The number of nitrogens with zero attached hydrogens (tertiary/aromatic N) is 1. The molecule has 0 spiro atoms. The molecule has 2 rings (SSSR count). The number of benzene rings is 1. The number of nitrogen functional groups attached to an aromatic ring is 1. The van der Waals surface area contributed by atoms with Gasteiger partial charge < -0.3 is 10.5 Å². The first-order valence-electron chi connectivity index (χ1n) is 4.97. The molecule has 0 amide bonds. The summed E-state index contributed by atoms with van der Waals surface area (Å²) in [4.78, 5) is 4.86. The van der Waals surface area contributed by atoms with E-state index in [0.717, 1.165) is 10.4 Å². The van der Waals surface area contributed by atoms with E-state index in [2.05, 4.69) is 9.72 Å². The zero-order chi connectivity index (χ0) is 13.2. The Balaban J connectivity index is 2.04. The number of anilines is 1. The number of rotatable bonds is 3. The van der Waals surface area contributed by atoms with Gasteiger partial charge in [0.1, 0.15) is 5.75 Å². The standard InChI is InChI=1S/C11H9F3N2OS/c12-11(13,14)17-8-3-1-7(2-4-8)5-9-6-16-10(15)18-9/h1-4,6H,5H2,(H2,15,16). The van der Waals surface area contributed by atoms with Gasteiger partial charge in [0.15, 0.2) is 5.13 Å². The van der Waals surface area contributed by atoms with Crippen LogP contribution in [-0.2, 0) is 6.42 Å². The lowest BCUT2D eigenvalue weighted by atomic mass is 10.1. The Kier molecular flexibility index (Phi) is 3.42. The van der Waals surface area contributed by atoms with Crippen LogP contribution < -0.4 is 10.5 Å². The Morgan fingerprint density at radius 1 is 1.22 bits per heavy atom. The Labute approximate surface area is 105 Å². The van der Waals surface area contributed by atoms with Crippen molar-refractivity contribution < 1.29 is 17.9 Å². The van der Waals surface area contributed by atoms with Crippen molar-refractivity contribution in [2.24, 2.45) is 0 Å². The molecule has 3 nitrogen and oxygen atoms in total. The van der Waals surface area contributed by atoms with Gasteiger partial charge in [0, 0.05) is 17.5 Å². The summed E-state index contributed by atoms with van der Waals surface area (Å²) in [5.74, 6) is -0.227. The van der Waals surface area contributed by atoms with Gasteiger partial charge in [-0.05, 0) is 17.7 Å². The lowest BCUT2D eigenvalue weighted by Gasteiger charge is -2.08. The van der Waals surface area contributed by atoms with E-state index in [1.54, 1.807) is 18.3 Å². The smallest absolute Gasteiger partial charge is 0.406 e. The molecule has 0 bridgehead atoms. The van der Waals surface area contributed by atoms with E-state index < -0.39 is 6.36 Å². The SMILES string of the molecule is Nc1ncc(Cc2ccc(OC(F)(F)F)cc2)s1. The fourth-order valence-electron chi connectivity index (χ4n) is 1.41. The van der Waals surface area contributed by atoms with Gasteiger partial charge in [0.25, 0.3) is 0 Å². The topological polar surface area (TPSA) is 48.1 Å². The number of halogens is 3. The summed E-state index contributed by atoms with van der Waals surface area (Å²) < 4.78 is 39.6. The number of hydrogen-bond acceptors (Lipinski definition) is 4. The molecule has 0 aliphatic heterocycles. The van der Waals surface area contributed by atoms with Gasteiger partial charge in [0.2, 0.25) is 0 Å². The number of aromatic nitrogens is 1. The van der Waals surface area contributed by atoms with Crippen molar-refractivity contribution in [3.63, 3.8) is 0 Å². The maximum absolute atomic E-state index is 11.9. The Bertz CT molecular complexity index is 522. The van der Waals surface area contributed by atoms with E-state index in [0.29, 0.717) is 11.6 Å². The van der Waals surface area contributed by atoms with Crippen molar-refractivity contribution in [1.29, 1.82) is 0 Å². The van der Waals surface area contributed by atoms with Gasteiger partial charge in [-0.25, -0.2) is 4.98 Å². The molecule has 0 saturated carbocycles. The van der Waals surface area contributed by atoms with Crippen LogP contribution in [0.5, 0.6) is 5.75 Å². The largest absolute Gasteiger partial charge is 0.573 e. The van der Waals surface area contributed by atoms with Crippen molar-refractivity contribution in [3.05, 3.63) is 40.9 Å². The number of nitrogens with two attached hydrogens (primary N) is 1. The fraction of sp³-hybridized carbons (Fsp3) is 0.182. The average molecular weight is 274 g/mol. The van der Waals surface area contributed by atoms with Crippen molar-refractivity contribution in [2.45, 2.75) is 12.8 Å². The van der Waals surface area contributed by atoms with Crippen LogP contribution in [0.4, 0.5) is 18.3 Å². The van der Waals surface area contributed by atoms with Gasteiger partial charge in [-0.2, -0.15) is 0 Å². The van der Waals surface area contributed by atoms with Crippen LogP contribution in [0.15, 0.2) is 30.5 Å². The van der Waals surface area contributed by atoms with Gasteiger partial charge in [-0.15, -0.1) is 24.5 Å². The van der Waals surface area contributed by atoms with E-state index in [1.165, 1.54) is 23.5 Å². The van der Waals surface area contributed by atoms with E-state index in [9.17, 15) is 13.2 Å². The lowest BCUT2D eigenvalue weighted by Crippen LogP contribution is -2.17. The number of alkyl halides is 3. The van der Waals surface area contributed by atoms with Crippen LogP contribution in [0.3, 0.4) is 0 Å². The molecule has 0 radical (unpaired) electrons. The van der Waals surface area contributed by atoms with Crippen molar-refractivity contribution in [3.8, 4) is 5.75 Å². The number of ether oxygens (including phenoxy) is 1. The molecule has 0 saturated heterocycles. The second kappa shape index (κ2) is 4.85. The zero-order valence-corrected chi connectivity index (χ0v) is 9.89. The molecule has 0 fully saturated rings. The van der Waals surface area contributed by atoms with Crippen LogP contribution >= 0.6 is 11.3 Å². The summed E-state index contributed by atoms with van der Waals surface area (Å²) >= 11 is 1.35. The number of hydrogen-bond donors (Lipinski definition) is 1. The summed E-state index contributed by atoms with van der Waals surface area (Å²) in [6, 6.07) is 5.73. The van der Waals surface area contributed by atoms with Crippen molar-refractivity contribution in [2.75, 3.05) is 5.73 Å². The Morgan fingerprint density at radius 3 is 2.39 bits per heavy atom. The van der Waals surface area contributed by atoms with Crippen LogP contribution in [0.25, 0.3) is 0 Å². The van der Waals surface area contributed by atoms with Gasteiger partial charge in [-0.3, -0.25) is 0 Å². The molecule has 18 heavy (non-hydrogen) atoms. The molecular formula is C11H9F3N2OS. The highest BCUT2D eigenvalue weighted by Gasteiger charge is 2.30. The minimum absolute atomic E-state index is 0.227. The second-order valence-corrected chi connectivity index (χ2v) is 4.68. The molecular weight excluding hydrogens is 265 g/mol. The van der Waals surface area contributed by atoms with Gasteiger partial charge >= 0.3 is 6.36 Å². The normalized spacial score (nSPS) is 11.5. The zero-order valence-electron chi connectivity index (χ0n) is 9.07. The van der Waals surface area contributed by atoms with Gasteiger partial charge in [0.05, 0.1) is 0 Å². The summed E-state index contributed by atoms with van der Waals surface area (Å²) in [6.07, 6.45) is -2.42. The average Bonchev–Trinajstić information content (AvgIpc) is 2.65. The predicted molar refractivity (Wildman–Crippen MR) is 62.5 cm³/mol. The van der Waals surface area contributed by atoms with E-state index >= 15 is 0 Å². The van der Waals surface area contributed by atoms with Crippen molar-refractivity contribution in [1.82, 2.24) is 4.98 Å². The summed E-state index contributed by atoms with van der Waals surface area (Å²) in [6.45, 7) is 0. The molecule has 1 aromatic carbocycles. The van der Waals surface area contributed by atoms with E-state index in [1.807, 2.05) is 0 Å². The van der Waals surface area contributed by atoms with Crippen LogP contribution in [0.2, 0.25) is 0 Å².